The molecule has 1 aromatic carbocycles. The molecule has 0 aliphatic heterocycles. The van der Waals surface area contributed by atoms with Crippen LogP contribution in [0.25, 0.3) is 26.8 Å². The molecule has 7 nitrogen and oxygen atoms in total. The van der Waals surface area contributed by atoms with Crippen molar-refractivity contribution in [1.82, 2.24) is 23.5 Å². The fraction of sp³-hybridized carbons (Fsp3) is 0.455. The van der Waals surface area contributed by atoms with E-state index in [9.17, 15) is 4.79 Å². The van der Waals surface area contributed by atoms with Crippen molar-refractivity contribution < 1.29 is 0 Å². The molecule has 30 heavy (non-hydrogen) atoms. The molecule has 4 aromatic rings. The number of aromatic amines is 1. The molecule has 154 valence electrons. The second-order valence-corrected chi connectivity index (χ2v) is 11.5. The molecule has 0 saturated heterocycles. The van der Waals surface area contributed by atoms with Crippen molar-refractivity contribution in [3.05, 3.63) is 40.9 Å². The van der Waals surface area contributed by atoms with Crippen molar-refractivity contribution in [2.45, 2.75) is 46.1 Å². The molecule has 0 spiro atoms. The fourth-order valence-corrected chi connectivity index (χ4v) is 7.67. The molecule has 2 fully saturated rings. The summed E-state index contributed by atoms with van der Waals surface area (Å²) in [6.45, 7) is 7.23. The maximum atomic E-state index is 13.0. The molecular weight excluding hydrogens is 443 g/mol. The number of anilines is 1. The van der Waals surface area contributed by atoms with Gasteiger partial charge in [0.25, 0.3) is 0 Å². The van der Waals surface area contributed by atoms with Gasteiger partial charge in [-0.05, 0) is 0 Å². The molecule has 3 heterocycles. The number of rotatable bonds is 3. The Bertz CT molecular complexity index is 1350. The molecule has 1 unspecified atom stereocenters. The number of nitrogens with one attached hydrogen (secondary N) is 2. The molecule has 6 rings (SSSR count). The van der Waals surface area contributed by atoms with Gasteiger partial charge in [-0.2, -0.15) is 0 Å². The van der Waals surface area contributed by atoms with Crippen molar-refractivity contribution in [2.75, 3.05) is 5.32 Å². The maximum absolute atomic E-state index is 13.0. The monoisotopic (exact) mass is 468 g/mol. The second kappa shape index (κ2) is 6.05. The predicted molar refractivity (Wildman–Crippen MR) is 118 cm³/mol. The van der Waals surface area contributed by atoms with E-state index in [-0.39, 0.29) is 25.7 Å². The topological polar surface area (TPSA) is 88.5 Å². The molecule has 0 amide bonds. The molecular formula is C22H24N6OSe. The molecule has 2 N–H and O–H groups in total. The quantitative estimate of drug-likeness (QED) is 0.452. The van der Waals surface area contributed by atoms with Crippen LogP contribution in [-0.4, -0.2) is 44.3 Å². The average Bonchev–Trinajstić information content (AvgIpc) is 3.43. The number of H-pyrrole nitrogens is 1. The van der Waals surface area contributed by atoms with Gasteiger partial charge in [0.1, 0.15) is 0 Å². The van der Waals surface area contributed by atoms with Gasteiger partial charge in [-0.1, -0.05) is 0 Å². The molecule has 2 aliphatic carbocycles. The van der Waals surface area contributed by atoms with E-state index in [1.165, 1.54) is 12.8 Å². The average molecular weight is 467 g/mol. The van der Waals surface area contributed by atoms with Crippen LogP contribution in [0.1, 0.15) is 40.0 Å². The molecule has 3 atom stereocenters. The number of aromatic nitrogens is 5. The van der Waals surface area contributed by atoms with Gasteiger partial charge in [-0.15, -0.1) is 0 Å². The van der Waals surface area contributed by atoms with Crippen LogP contribution in [0.5, 0.6) is 0 Å². The Labute approximate surface area is 179 Å². The Morgan fingerprint density at radius 3 is 2.80 bits per heavy atom. The number of hydrogen-bond donors (Lipinski definition) is 2. The third kappa shape index (κ3) is 2.32. The van der Waals surface area contributed by atoms with E-state index >= 15 is 0 Å². The van der Waals surface area contributed by atoms with Crippen molar-refractivity contribution in [3.63, 3.8) is 0 Å². The van der Waals surface area contributed by atoms with Gasteiger partial charge < -0.3 is 0 Å². The van der Waals surface area contributed by atoms with E-state index in [1.54, 1.807) is 9.89 Å². The number of benzene rings is 1. The Hall–Kier alpha value is -2.44. The van der Waals surface area contributed by atoms with Gasteiger partial charge >= 0.3 is 180 Å². The number of nitrogens with zero attached hydrogens (tertiary/aromatic N) is 4. The van der Waals surface area contributed by atoms with Crippen LogP contribution < -0.4 is 10.9 Å². The van der Waals surface area contributed by atoms with E-state index in [0.29, 0.717) is 23.1 Å². The first kappa shape index (κ1) is 18.3. The number of hydrogen-bond acceptors (Lipinski definition) is 5. The van der Waals surface area contributed by atoms with Gasteiger partial charge in [-0.25, -0.2) is 0 Å². The van der Waals surface area contributed by atoms with E-state index in [4.69, 9.17) is 4.98 Å². The Morgan fingerprint density at radius 1 is 1.23 bits per heavy atom. The van der Waals surface area contributed by atoms with Crippen LogP contribution in [0.3, 0.4) is 0 Å². The summed E-state index contributed by atoms with van der Waals surface area (Å²) < 4.78 is 2.78. The van der Waals surface area contributed by atoms with E-state index < -0.39 is 0 Å². The van der Waals surface area contributed by atoms with Crippen LogP contribution >= 0.6 is 0 Å². The zero-order chi connectivity index (χ0) is 20.7. The summed E-state index contributed by atoms with van der Waals surface area (Å²) in [6.07, 6.45) is 5.33. The second-order valence-electron chi connectivity index (χ2n) is 9.47. The van der Waals surface area contributed by atoms with Crippen LogP contribution in [-0.2, 0) is 0 Å². The minimum absolute atomic E-state index is 0.0283. The van der Waals surface area contributed by atoms with Crippen LogP contribution in [0.4, 0.5) is 5.82 Å². The van der Waals surface area contributed by atoms with Crippen LogP contribution in [0.15, 0.2) is 35.4 Å². The van der Waals surface area contributed by atoms with E-state index in [0.717, 1.165) is 33.3 Å². The first-order valence-electron chi connectivity index (χ1n) is 10.5. The summed E-state index contributed by atoms with van der Waals surface area (Å²) in [5.41, 5.74) is 1.90. The first-order chi connectivity index (χ1) is 14.4. The van der Waals surface area contributed by atoms with Gasteiger partial charge in [0.2, 0.25) is 0 Å². The van der Waals surface area contributed by atoms with Crippen molar-refractivity contribution in [2.24, 2.45) is 16.7 Å². The summed E-state index contributed by atoms with van der Waals surface area (Å²) in [5.74, 6) is 1.92. The zero-order valence-corrected chi connectivity index (χ0v) is 19.0. The number of fused-ring (bicyclic) bond motifs is 4. The summed E-state index contributed by atoms with van der Waals surface area (Å²) in [5, 5.41) is 4.49. The summed E-state index contributed by atoms with van der Waals surface area (Å²) >= 11 is -0.171. The summed E-state index contributed by atoms with van der Waals surface area (Å²) in [7, 11) is 0. The normalized spacial score (nSPS) is 27.3. The van der Waals surface area contributed by atoms with Crippen molar-refractivity contribution in [3.8, 4) is 5.95 Å². The van der Waals surface area contributed by atoms with Gasteiger partial charge in [0.05, 0.1) is 0 Å². The third-order valence-corrected chi connectivity index (χ3v) is 10.3. The molecule has 3 aromatic heterocycles. The molecule has 2 bridgehead atoms. The zero-order valence-electron chi connectivity index (χ0n) is 17.3. The molecule has 2 saturated carbocycles. The third-order valence-electron chi connectivity index (χ3n) is 8.05. The van der Waals surface area contributed by atoms with Crippen LogP contribution in [0, 0.1) is 16.7 Å². The Morgan fingerprint density at radius 2 is 2.07 bits per heavy atom. The van der Waals surface area contributed by atoms with Crippen LogP contribution in [0.2, 0.25) is 0 Å². The minimum atomic E-state index is -0.171. The summed E-state index contributed by atoms with van der Waals surface area (Å²) in [4.78, 5) is 30.0. The molecule has 0 radical (unpaired) electrons. The van der Waals surface area contributed by atoms with Gasteiger partial charge in [0.15, 0.2) is 0 Å². The van der Waals surface area contributed by atoms with Gasteiger partial charge in [-0.3, -0.25) is 0 Å². The Balaban J connectivity index is 1.47. The number of imidazole rings is 1. The van der Waals surface area contributed by atoms with Gasteiger partial charge in [0, 0.05) is 0 Å². The molecule has 2 aliphatic rings. The fourth-order valence-electron chi connectivity index (χ4n) is 5.71. The standard InChI is InChI=1S/C22H24N6OSe/c1-21(2)12-8-9-22(21,3)15(10-12)25-18-16-17(24-11-23-16)26-20(27-18)28-19(29)13-6-4-5-7-14(13)30-28/h4-7,11-12,15H,8-10H2,1-3H3,(H2,23,24,25,26,27)/t12-,15+,22?/m1/s1. The van der Waals surface area contributed by atoms with Crippen molar-refractivity contribution >= 4 is 41.4 Å². The first-order valence-corrected chi connectivity index (χ1v) is 12.1. The van der Waals surface area contributed by atoms with E-state index in [2.05, 4.69) is 41.0 Å². The SMILES string of the molecule is CC1(C)[C@@H]2CCC1(C)[C@@H](Nc1nc(-n3[se]c4ccccc4c3=O)nc3nc[nH]c13)C2. The molecule has 8 heteroatoms. The predicted octanol–water partition coefficient (Wildman–Crippen LogP) is 3.34. The Kier molecular flexibility index (Phi) is 3.70. The van der Waals surface area contributed by atoms with E-state index in [1.807, 2.05) is 24.3 Å². The summed E-state index contributed by atoms with van der Waals surface area (Å²) in [6, 6.07) is 8.11. The van der Waals surface area contributed by atoms with Crippen molar-refractivity contribution in [1.29, 1.82) is 0 Å².